The maximum absolute atomic E-state index is 5.87. The van der Waals surface area contributed by atoms with Gasteiger partial charge in [-0.3, -0.25) is 19.4 Å². The zero-order valence-electron chi connectivity index (χ0n) is 17.1. The van der Waals surface area contributed by atoms with Gasteiger partial charge in [-0.05, 0) is 62.0 Å². The third-order valence-electron chi connectivity index (χ3n) is 6.36. The van der Waals surface area contributed by atoms with Gasteiger partial charge in [0.05, 0.1) is 6.67 Å². The Kier molecular flexibility index (Phi) is 5.65. The summed E-state index contributed by atoms with van der Waals surface area (Å²) in [6, 6.07) is 4.79. The molecule has 3 fully saturated rings. The third kappa shape index (κ3) is 4.39. The molecule has 5 rings (SSSR count). The molecule has 0 unspecified atom stereocenters. The van der Waals surface area contributed by atoms with E-state index in [1.807, 2.05) is 12.4 Å². The van der Waals surface area contributed by atoms with E-state index in [1.165, 1.54) is 37.7 Å². The van der Waals surface area contributed by atoms with Crippen LogP contribution < -0.4 is 4.90 Å². The van der Waals surface area contributed by atoms with E-state index < -0.39 is 0 Å². The van der Waals surface area contributed by atoms with Crippen LogP contribution in [0.2, 0.25) is 0 Å². The first kappa shape index (κ1) is 19.2. The molecule has 1 aliphatic carbocycles. The highest BCUT2D eigenvalue weighted by Gasteiger charge is 2.31. The van der Waals surface area contributed by atoms with Gasteiger partial charge in [-0.2, -0.15) is 0 Å². The van der Waals surface area contributed by atoms with E-state index in [0.29, 0.717) is 6.04 Å². The van der Waals surface area contributed by atoms with Crippen molar-refractivity contribution >= 4 is 18.2 Å². The van der Waals surface area contributed by atoms with Gasteiger partial charge in [0.1, 0.15) is 0 Å². The topological polar surface area (TPSA) is 45.4 Å². The summed E-state index contributed by atoms with van der Waals surface area (Å²) in [5.74, 6) is 1.12. The van der Waals surface area contributed by atoms with E-state index in [4.69, 9.17) is 17.3 Å². The smallest absolute Gasteiger partial charge is 0.226 e. The van der Waals surface area contributed by atoms with Crippen LogP contribution in [0.5, 0.6) is 0 Å². The van der Waals surface area contributed by atoms with Crippen molar-refractivity contribution in [1.82, 2.24) is 29.1 Å². The molecule has 4 heterocycles. The zero-order valence-corrected chi connectivity index (χ0v) is 17.9. The molecular weight excluding hydrogens is 382 g/mol. The lowest BCUT2D eigenvalue weighted by molar-refractivity contribution is 0.0980. The number of anilines is 1. The number of hydrogen-bond acceptors (Lipinski definition) is 6. The quantitative estimate of drug-likeness (QED) is 0.679. The molecule has 3 aliphatic rings. The predicted molar refractivity (Wildman–Crippen MR) is 116 cm³/mol. The van der Waals surface area contributed by atoms with E-state index in [0.717, 1.165) is 63.2 Å². The number of piperidine rings is 1. The Morgan fingerprint density at radius 2 is 1.59 bits per heavy atom. The SMILES string of the molecule is S=c1n(CN2CCN(Cc3ccncc3)CC2)nc(N2CCCCC2)n1C1CC1. The summed E-state index contributed by atoms with van der Waals surface area (Å²) in [4.78, 5) is 11.6. The van der Waals surface area contributed by atoms with Crippen molar-refractivity contribution in [3.63, 3.8) is 0 Å². The first-order chi connectivity index (χ1) is 14.3. The van der Waals surface area contributed by atoms with Gasteiger partial charge in [-0.15, -0.1) is 5.10 Å². The maximum Gasteiger partial charge on any atom is 0.226 e. The third-order valence-corrected chi connectivity index (χ3v) is 6.77. The van der Waals surface area contributed by atoms with Crippen molar-refractivity contribution < 1.29 is 0 Å². The Bertz CT molecular complexity index is 859. The Morgan fingerprint density at radius 3 is 2.28 bits per heavy atom. The molecule has 0 bridgehead atoms. The molecule has 29 heavy (non-hydrogen) atoms. The molecule has 0 aromatic carbocycles. The summed E-state index contributed by atoms with van der Waals surface area (Å²) >= 11 is 5.87. The molecule has 0 spiro atoms. The molecule has 0 N–H and O–H groups in total. The normalized spacial score (nSPS) is 21.6. The number of aromatic nitrogens is 4. The van der Waals surface area contributed by atoms with Crippen molar-refractivity contribution in [2.75, 3.05) is 44.2 Å². The minimum absolute atomic E-state index is 0.574. The minimum atomic E-state index is 0.574. The summed E-state index contributed by atoms with van der Waals surface area (Å²) in [5.41, 5.74) is 1.34. The zero-order chi connectivity index (χ0) is 19.6. The molecule has 1 saturated carbocycles. The molecule has 156 valence electrons. The van der Waals surface area contributed by atoms with Gasteiger partial charge in [0, 0.05) is 64.2 Å². The van der Waals surface area contributed by atoms with Crippen LogP contribution in [-0.4, -0.2) is 68.4 Å². The van der Waals surface area contributed by atoms with Crippen molar-refractivity contribution in [3.05, 3.63) is 34.9 Å². The molecule has 2 aromatic heterocycles. The van der Waals surface area contributed by atoms with Crippen molar-refractivity contribution in [3.8, 4) is 0 Å². The average Bonchev–Trinajstić information content (AvgIpc) is 3.55. The summed E-state index contributed by atoms with van der Waals surface area (Å²) in [7, 11) is 0. The highest BCUT2D eigenvalue weighted by atomic mass is 32.1. The Hall–Kier alpha value is -1.77. The van der Waals surface area contributed by atoms with Crippen LogP contribution in [0.15, 0.2) is 24.5 Å². The van der Waals surface area contributed by atoms with Gasteiger partial charge in [-0.1, -0.05) is 0 Å². The highest BCUT2D eigenvalue weighted by molar-refractivity contribution is 7.71. The second-order valence-electron chi connectivity index (χ2n) is 8.62. The number of pyridine rings is 1. The van der Waals surface area contributed by atoms with Crippen molar-refractivity contribution in [2.45, 2.75) is 51.4 Å². The number of nitrogens with zero attached hydrogens (tertiary/aromatic N) is 7. The minimum Gasteiger partial charge on any atom is -0.341 e. The largest absolute Gasteiger partial charge is 0.341 e. The maximum atomic E-state index is 5.87. The summed E-state index contributed by atoms with van der Waals surface area (Å²) in [6.07, 6.45) is 10.1. The first-order valence-electron chi connectivity index (χ1n) is 11.1. The number of rotatable bonds is 6. The molecule has 2 saturated heterocycles. The fourth-order valence-electron chi connectivity index (χ4n) is 4.49. The van der Waals surface area contributed by atoms with Crippen LogP contribution in [0.1, 0.15) is 43.7 Å². The Morgan fingerprint density at radius 1 is 0.897 bits per heavy atom. The molecule has 7 nitrogen and oxygen atoms in total. The van der Waals surface area contributed by atoms with Gasteiger partial charge in [0.15, 0.2) is 0 Å². The molecule has 0 atom stereocenters. The van der Waals surface area contributed by atoms with Gasteiger partial charge >= 0.3 is 0 Å². The average molecular weight is 414 g/mol. The summed E-state index contributed by atoms with van der Waals surface area (Å²) < 4.78 is 5.34. The summed E-state index contributed by atoms with van der Waals surface area (Å²) in [5, 5.41) is 5.01. The molecular formula is C21H31N7S. The van der Waals surface area contributed by atoms with Crippen LogP contribution in [0.25, 0.3) is 0 Å². The van der Waals surface area contributed by atoms with Gasteiger partial charge in [0.2, 0.25) is 10.7 Å². The van der Waals surface area contributed by atoms with Crippen LogP contribution >= 0.6 is 12.2 Å². The molecule has 2 aromatic rings. The summed E-state index contributed by atoms with van der Waals surface area (Å²) in [6.45, 7) is 8.33. The lowest BCUT2D eigenvalue weighted by Gasteiger charge is -2.34. The van der Waals surface area contributed by atoms with Crippen LogP contribution in [0.4, 0.5) is 5.95 Å². The molecule has 8 heteroatoms. The predicted octanol–water partition coefficient (Wildman–Crippen LogP) is 2.91. The monoisotopic (exact) mass is 413 g/mol. The van der Waals surface area contributed by atoms with E-state index >= 15 is 0 Å². The van der Waals surface area contributed by atoms with E-state index in [2.05, 4.69) is 41.1 Å². The van der Waals surface area contributed by atoms with E-state index in [-0.39, 0.29) is 0 Å². The Labute approximate surface area is 177 Å². The van der Waals surface area contributed by atoms with E-state index in [9.17, 15) is 0 Å². The number of hydrogen-bond donors (Lipinski definition) is 0. The second-order valence-corrected chi connectivity index (χ2v) is 8.99. The van der Waals surface area contributed by atoms with Crippen LogP contribution in [-0.2, 0) is 13.2 Å². The van der Waals surface area contributed by atoms with Gasteiger partial charge in [0.25, 0.3) is 0 Å². The fourth-order valence-corrected chi connectivity index (χ4v) is 4.82. The lowest BCUT2D eigenvalue weighted by atomic mass is 10.1. The van der Waals surface area contributed by atoms with Crippen molar-refractivity contribution in [2.24, 2.45) is 0 Å². The van der Waals surface area contributed by atoms with Gasteiger partial charge in [-0.25, -0.2) is 4.68 Å². The molecule has 2 aliphatic heterocycles. The van der Waals surface area contributed by atoms with Crippen molar-refractivity contribution in [1.29, 1.82) is 0 Å². The Balaban J connectivity index is 1.23. The first-order valence-corrected chi connectivity index (χ1v) is 11.5. The van der Waals surface area contributed by atoms with Crippen LogP contribution in [0, 0.1) is 4.77 Å². The second kappa shape index (κ2) is 8.53. The standard InChI is InChI=1S/C21H31N7S/c29-21-27(23-20(28(21)19-4-5-19)26-10-2-1-3-11-26)17-25-14-12-24(13-15-25)16-18-6-8-22-9-7-18/h6-9,19H,1-5,10-17H2. The van der Waals surface area contributed by atoms with E-state index in [1.54, 1.807) is 0 Å². The number of piperazine rings is 1. The molecule has 0 radical (unpaired) electrons. The lowest BCUT2D eigenvalue weighted by Crippen LogP contribution is -2.46. The fraction of sp³-hybridized carbons (Fsp3) is 0.667. The van der Waals surface area contributed by atoms with Crippen LogP contribution in [0.3, 0.4) is 0 Å². The molecule has 0 amide bonds. The van der Waals surface area contributed by atoms with Gasteiger partial charge < -0.3 is 4.90 Å². The highest BCUT2D eigenvalue weighted by Crippen LogP contribution is 2.38.